The third-order valence-corrected chi connectivity index (χ3v) is 4.04. The largest absolute Gasteiger partial charge is 0.370 e. The fraction of sp³-hybridized carbons (Fsp3) is 0.471. The Balaban J connectivity index is 1.73. The Morgan fingerprint density at radius 1 is 1.35 bits per heavy atom. The lowest BCUT2D eigenvalue weighted by atomic mass is 9.92. The second kappa shape index (κ2) is 6.12. The van der Waals surface area contributed by atoms with Crippen LogP contribution in [0.1, 0.15) is 48.6 Å². The minimum Gasteiger partial charge on any atom is -0.370 e. The number of ether oxygens (including phenoxy) is 1. The van der Waals surface area contributed by atoms with Gasteiger partial charge in [-0.25, -0.2) is 0 Å². The molecule has 1 aliphatic rings. The predicted octanol–water partition coefficient (Wildman–Crippen LogP) is 2.32. The molecule has 0 unspecified atom stereocenters. The van der Waals surface area contributed by atoms with Gasteiger partial charge in [-0.15, -0.1) is 0 Å². The summed E-state index contributed by atoms with van der Waals surface area (Å²) < 4.78 is 5.79. The van der Waals surface area contributed by atoms with E-state index in [9.17, 15) is 4.79 Å². The number of aromatic amines is 1. The van der Waals surface area contributed by atoms with Crippen molar-refractivity contribution in [3.05, 3.63) is 47.5 Å². The van der Waals surface area contributed by atoms with Gasteiger partial charge in [0.15, 0.2) is 0 Å². The molecular weight excluding hydrogens is 292 g/mol. The van der Waals surface area contributed by atoms with E-state index in [0.717, 1.165) is 11.3 Å². The highest BCUT2D eigenvalue weighted by Gasteiger charge is 2.28. The van der Waals surface area contributed by atoms with Crippen LogP contribution in [0.25, 0.3) is 0 Å². The van der Waals surface area contributed by atoms with Crippen LogP contribution in [0.3, 0.4) is 0 Å². The van der Waals surface area contributed by atoms with E-state index in [0.29, 0.717) is 25.4 Å². The smallest absolute Gasteiger partial charge is 0.274 e. The van der Waals surface area contributed by atoms with Gasteiger partial charge >= 0.3 is 0 Å². The topological polar surface area (TPSA) is 71.1 Å². The van der Waals surface area contributed by atoms with Crippen LogP contribution in [0, 0.1) is 0 Å². The number of hydrogen-bond donors (Lipinski definition) is 1. The maximum absolute atomic E-state index is 12.7. The molecule has 1 atom stereocenters. The summed E-state index contributed by atoms with van der Waals surface area (Å²) in [6.07, 6.45) is 3.36. The maximum atomic E-state index is 12.7. The molecule has 23 heavy (non-hydrogen) atoms. The standard InChI is InChI=1S/C17H22N4O2/c1-17(2,3)15-10-13(19-20-15)16(22)21-8-9-23-14(11-21)12-4-6-18-7-5-12/h4-7,10,14H,8-9,11H2,1-3H3,(H,19,20)/t14-/m1/s1. The Morgan fingerprint density at radius 2 is 2.09 bits per heavy atom. The van der Waals surface area contributed by atoms with Crippen LogP contribution in [0.2, 0.25) is 0 Å². The van der Waals surface area contributed by atoms with Crippen molar-refractivity contribution in [2.24, 2.45) is 0 Å². The van der Waals surface area contributed by atoms with Crippen LogP contribution < -0.4 is 0 Å². The summed E-state index contributed by atoms with van der Waals surface area (Å²) in [6.45, 7) is 7.89. The Bertz CT molecular complexity index is 675. The Hall–Kier alpha value is -2.21. The van der Waals surface area contributed by atoms with Gasteiger partial charge in [-0.2, -0.15) is 5.10 Å². The zero-order valence-electron chi connectivity index (χ0n) is 13.7. The van der Waals surface area contributed by atoms with E-state index in [1.54, 1.807) is 17.3 Å². The minimum atomic E-state index is -0.114. The zero-order valence-corrected chi connectivity index (χ0v) is 13.7. The fourth-order valence-electron chi connectivity index (χ4n) is 2.59. The summed E-state index contributed by atoms with van der Waals surface area (Å²) in [6, 6.07) is 5.69. The molecule has 0 aliphatic carbocycles. The van der Waals surface area contributed by atoms with Crippen LogP contribution in [0.15, 0.2) is 30.6 Å². The quantitative estimate of drug-likeness (QED) is 0.923. The van der Waals surface area contributed by atoms with Crippen molar-refractivity contribution in [3.8, 4) is 0 Å². The summed E-state index contributed by atoms with van der Waals surface area (Å²) in [4.78, 5) is 18.5. The van der Waals surface area contributed by atoms with Crippen molar-refractivity contribution in [2.45, 2.75) is 32.3 Å². The number of hydrogen-bond acceptors (Lipinski definition) is 4. The molecule has 3 rings (SSSR count). The number of nitrogens with one attached hydrogen (secondary N) is 1. The Kier molecular flexibility index (Phi) is 4.17. The zero-order chi connectivity index (χ0) is 16.4. The van der Waals surface area contributed by atoms with Crippen molar-refractivity contribution >= 4 is 5.91 Å². The average molecular weight is 314 g/mol. The molecule has 2 aromatic rings. The molecule has 1 amide bonds. The maximum Gasteiger partial charge on any atom is 0.274 e. The predicted molar refractivity (Wildman–Crippen MR) is 86.1 cm³/mol. The number of nitrogens with zero attached hydrogens (tertiary/aromatic N) is 3. The normalized spacial score (nSPS) is 18.9. The average Bonchev–Trinajstić information content (AvgIpc) is 3.05. The number of rotatable bonds is 2. The van der Waals surface area contributed by atoms with Crippen LogP contribution in [-0.2, 0) is 10.2 Å². The highest BCUT2D eigenvalue weighted by atomic mass is 16.5. The lowest BCUT2D eigenvalue weighted by Crippen LogP contribution is -2.42. The molecule has 0 bridgehead atoms. The van der Waals surface area contributed by atoms with Gasteiger partial charge in [-0.3, -0.25) is 14.9 Å². The van der Waals surface area contributed by atoms with Crippen LogP contribution in [-0.4, -0.2) is 45.7 Å². The number of carbonyl (C=O) groups excluding carboxylic acids is 1. The van der Waals surface area contributed by atoms with Gasteiger partial charge in [-0.05, 0) is 23.8 Å². The SMILES string of the molecule is CC(C)(C)c1cc(C(=O)N2CCO[C@@H](c3ccncc3)C2)n[nH]1. The molecule has 6 heteroatoms. The molecule has 0 spiro atoms. The van der Waals surface area contributed by atoms with Crippen molar-refractivity contribution in [1.29, 1.82) is 0 Å². The second-order valence-corrected chi connectivity index (χ2v) is 6.81. The highest BCUT2D eigenvalue weighted by Crippen LogP contribution is 2.24. The summed E-state index contributed by atoms with van der Waals surface area (Å²) in [7, 11) is 0. The molecule has 0 aromatic carbocycles. The number of H-pyrrole nitrogens is 1. The molecule has 0 saturated carbocycles. The van der Waals surface area contributed by atoms with Gasteiger partial charge in [0.1, 0.15) is 11.8 Å². The van der Waals surface area contributed by atoms with Crippen molar-refractivity contribution in [3.63, 3.8) is 0 Å². The lowest BCUT2D eigenvalue weighted by Gasteiger charge is -2.32. The monoisotopic (exact) mass is 314 g/mol. The molecule has 3 heterocycles. The Morgan fingerprint density at radius 3 is 2.74 bits per heavy atom. The van der Waals surface area contributed by atoms with Crippen LogP contribution >= 0.6 is 0 Å². The second-order valence-electron chi connectivity index (χ2n) is 6.81. The van der Waals surface area contributed by atoms with Gasteiger partial charge in [0.2, 0.25) is 0 Å². The fourth-order valence-corrected chi connectivity index (χ4v) is 2.59. The van der Waals surface area contributed by atoms with E-state index in [4.69, 9.17) is 4.74 Å². The van der Waals surface area contributed by atoms with Crippen molar-refractivity contribution in [1.82, 2.24) is 20.1 Å². The first kappa shape index (κ1) is 15.7. The number of morpholine rings is 1. The first-order chi connectivity index (χ1) is 10.9. The summed E-state index contributed by atoms with van der Waals surface area (Å²) >= 11 is 0. The van der Waals surface area contributed by atoms with E-state index >= 15 is 0 Å². The molecule has 1 fully saturated rings. The molecule has 0 radical (unpaired) electrons. The van der Waals surface area contributed by atoms with Gasteiger partial charge in [0.05, 0.1) is 13.2 Å². The summed E-state index contributed by atoms with van der Waals surface area (Å²) in [5.41, 5.74) is 2.40. The minimum absolute atomic E-state index is 0.0564. The van der Waals surface area contributed by atoms with E-state index in [1.165, 1.54) is 0 Å². The van der Waals surface area contributed by atoms with Crippen LogP contribution in [0.5, 0.6) is 0 Å². The molecule has 1 saturated heterocycles. The number of pyridine rings is 1. The van der Waals surface area contributed by atoms with Gasteiger partial charge < -0.3 is 9.64 Å². The van der Waals surface area contributed by atoms with Crippen LogP contribution in [0.4, 0.5) is 0 Å². The van der Waals surface area contributed by atoms with Gasteiger partial charge in [-0.1, -0.05) is 20.8 Å². The first-order valence-corrected chi connectivity index (χ1v) is 7.82. The Labute approximate surface area is 135 Å². The number of aromatic nitrogens is 3. The molecule has 1 N–H and O–H groups in total. The van der Waals surface area contributed by atoms with Crippen molar-refractivity contribution < 1.29 is 9.53 Å². The highest BCUT2D eigenvalue weighted by molar-refractivity contribution is 5.92. The molecule has 122 valence electrons. The first-order valence-electron chi connectivity index (χ1n) is 7.82. The lowest BCUT2D eigenvalue weighted by molar-refractivity contribution is -0.0230. The third-order valence-electron chi connectivity index (χ3n) is 4.04. The van der Waals surface area contributed by atoms with E-state index in [2.05, 4.69) is 36.0 Å². The molecular formula is C17H22N4O2. The molecule has 6 nitrogen and oxygen atoms in total. The van der Waals surface area contributed by atoms with Crippen molar-refractivity contribution in [2.75, 3.05) is 19.7 Å². The van der Waals surface area contributed by atoms with Gasteiger partial charge in [0, 0.05) is 30.0 Å². The number of carbonyl (C=O) groups is 1. The summed E-state index contributed by atoms with van der Waals surface area (Å²) in [5.74, 6) is -0.0564. The third kappa shape index (κ3) is 3.42. The van der Waals surface area contributed by atoms with E-state index < -0.39 is 0 Å². The van der Waals surface area contributed by atoms with Gasteiger partial charge in [0.25, 0.3) is 5.91 Å². The number of amides is 1. The molecule has 1 aliphatic heterocycles. The van der Waals surface area contributed by atoms with E-state index in [-0.39, 0.29) is 17.4 Å². The van der Waals surface area contributed by atoms with E-state index in [1.807, 2.05) is 18.2 Å². The summed E-state index contributed by atoms with van der Waals surface area (Å²) in [5, 5.41) is 7.16. The molecule has 2 aromatic heterocycles.